The van der Waals surface area contributed by atoms with Crippen LogP contribution in [0.4, 0.5) is 0 Å². The molecule has 1 aromatic carbocycles. The fourth-order valence-corrected chi connectivity index (χ4v) is 6.95. The van der Waals surface area contributed by atoms with Crippen molar-refractivity contribution in [1.29, 1.82) is 0 Å². The summed E-state index contributed by atoms with van der Waals surface area (Å²) in [4.78, 5) is 0. The standard InChI is InChI=1S/C24H35O2P/c1-18(2)23-16-15-19(3)17-24(23)26-27(25,22-13-9-6-10-14-22)20(4)21-11-7-5-8-12-21/h6,9-11,13-14,18-19,23-24H,4-5,7-8,12,15-17H2,1-3H3/t19-,23+,24-,27?/m1/s1. The third-order valence-electron chi connectivity index (χ3n) is 6.36. The minimum absolute atomic E-state index is 0.0423. The molecule has 0 radical (unpaired) electrons. The third-order valence-corrected chi connectivity index (χ3v) is 8.90. The van der Waals surface area contributed by atoms with Gasteiger partial charge in [-0.05, 0) is 74.0 Å². The van der Waals surface area contributed by atoms with Crippen molar-refractivity contribution in [3.8, 4) is 0 Å². The summed E-state index contributed by atoms with van der Waals surface area (Å²) in [5, 5.41) is 1.52. The molecule has 2 aliphatic carbocycles. The molecule has 27 heavy (non-hydrogen) atoms. The number of allylic oxidation sites excluding steroid dienone is 3. The molecule has 2 aliphatic rings. The molecule has 1 unspecified atom stereocenters. The molecule has 4 atom stereocenters. The zero-order valence-electron chi connectivity index (χ0n) is 17.2. The van der Waals surface area contributed by atoms with Gasteiger partial charge in [-0.1, -0.05) is 58.0 Å². The van der Waals surface area contributed by atoms with E-state index in [2.05, 4.69) is 33.4 Å². The van der Waals surface area contributed by atoms with Crippen molar-refractivity contribution in [2.24, 2.45) is 17.8 Å². The molecule has 3 heteroatoms. The lowest BCUT2D eigenvalue weighted by Gasteiger charge is -2.39. The van der Waals surface area contributed by atoms with Gasteiger partial charge >= 0.3 is 0 Å². The Hall–Kier alpha value is -1.11. The summed E-state index contributed by atoms with van der Waals surface area (Å²) in [6, 6.07) is 9.78. The molecule has 0 bridgehead atoms. The predicted octanol–water partition coefficient (Wildman–Crippen LogP) is 7.08. The molecule has 0 heterocycles. The van der Waals surface area contributed by atoms with Gasteiger partial charge in [0.15, 0.2) is 0 Å². The molecule has 148 valence electrons. The van der Waals surface area contributed by atoms with E-state index in [1.165, 1.54) is 12.8 Å². The highest BCUT2D eigenvalue weighted by Gasteiger charge is 2.40. The SMILES string of the molecule is C=C(C1=CCCCC1)P(=O)(O[C@@H]1C[C@H](C)CC[C@H]1C(C)C)c1ccccc1. The van der Waals surface area contributed by atoms with Crippen LogP contribution < -0.4 is 5.30 Å². The van der Waals surface area contributed by atoms with Gasteiger partial charge in [0.25, 0.3) is 7.37 Å². The van der Waals surface area contributed by atoms with Gasteiger partial charge in [0.1, 0.15) is 0 Å². The number of hydrogen-bond donors (Lipinski definition) is 0. The Balaban J connectivity index is 1.96. The molecular formula is C24H35O2P. The van der Waals surface area contributed by atoms with Crippen LogP contribution in [0.1, 0.15) is 65.7 Å². The first-order chi connectivity index (χ1) is 12.9. The highest BCUT2D eigenvalue weighted by atomic mass is 31.2. The van der Waals surface area contributed by atoms with Gasteiger partial charge in [0.2, 0.25) is 0 Å². The van der Waals surface area contributed by atoms with E-state index in [1.54, 1.807) is 0 Å². The van der Waals surface area contributed by atoms with Crippen LogP contribution in [-0.4, -0.2) is 6.10 Å². The lowest BCUT2D eigenvalue weighted by Crippen LogP contribution is -2.34. The van der Waals surface area contributed by atoms with Crippen LogP contribution in [0.2, 0.25) is 0 Å². The van der Waals surface area contributed by atoms with Crippen LogP contribution in [-0.2, 0) is 9.09 Å². The van der Waals surface area contributed by atoms with Gasteiger partial charge in [-0.25, -0.2) is 0 Å². The zero-order valence-corrected chi connectivity index (χ0v) is 18.1. The maximum Gasteiger partial charge on any atom is 0.261 e. The second kappa shape index (κ2) is 8.93. The molecule has 0 amide bonds. The fourth-order valence-electron chi connectivity index (χ4n) is 4.62. The molecule has 0 aliphatic heterocycles. The lowest BCUT2D eigenvalue weighted by molar-refractivity contribution is 0.0509. The van der Waals surface area contributed by atoms with E-state index in [1.807, 2.05) is 30.3 Å². The molecule has 0 spiro atoms. The Morgan fingerprint density at radius 2 is 1.93 bits per heavy atom. The molecule has 2 nitrogen and oxygen atoms in total. The van der Waals surface area contributed by atoms with E-state index in [-0.39, 0.29) is 6.10 Å². The van der Waals surface area contributed by atoms with Crippen molar-refractivity contribution in [3.05, 3.63) is 53.9 Å². The molecule has 1 aromatic rings. The minimum Gasteiger partial charge on any atom is -0.318 e. The van der Waals surface area contributed by atoms with Gasteiger partial charge in [0, 0.05) is 10.6 Å². The van der Waals surface area contributed by atoms with Crippen molar-refractivity contribution in [1.82, 2.24) is 0 Å². The maximum atomic E-state index is 14.4. The van der Waals surface area contributed by atoms with E-state index in [9.17, 15) is 4.57 Å². The van der Waals surface area contributed by atoms with Gasteiger partial charge in [-0.3, -0.25) is 4.57 Å². The van der Waals surface area contributed by atoms with E-state index in [0.717, 1.165) is 48.3 Å². The molecule has 0 saturated heterocycles. The normalized spacial score (nSPS) is 28.4. The smallest absolute Gasteiger partial charge is 0.261 e. The van der Waals surface area contributed by atoms with Gasteiger partial charge < -0.3 is 4.52 Å². The molecule has 3 rings (SSSR count). The van der Waals surface area contributed by atoms with Crippen molar-refractivity contribution in [2.45, 2.75) is 71.8 Å². The average molecular weight is 387 g/mol. The highest BCUT2D eigenvalue weighted by Crippen LogP contribution is 2.59. The summed E-state index contributed by atoms with van der Waals surface area (Å²) >= 11 is 0. The Bertz CT molecular complexity index is 719. The maximum absolute atomic E-state index is 14.4. The van der Waals surface area contributed by atoms with Crippen LogP contribution >= 0.6 is 7.37 Å². The van der Waals surface area contributed by atoms with Crippen LogP contribution in [0.5, 0.6) is 0 Å². The summed E-state index contributed by atoms with van der Waals surface area (Å²) in [7, 11) is -3.17. The van der Waals surface area contributed by atoms with Crippen LogP contribution in [0, 0.1) is 17.8 Å². The van der Waals surface area contributed by atoms with Crippen LogP contribution in [0.25, 0.3) is 0 Å². The summed E-state index contributed by atoms with van der Waals surface area (Å²) in [5.41, 5.74) is 1.15. The monoisotopic (exact) mass is 386 g/mol. The number of hydrogen-bond acceptors (Lipinski definition) is 2. The quantitative estimate of drug-likeness (QED) is 0.488. The Morgan fingerprint density at radius 3 is 2.56 bits per heavy atom. The summed E-state index contributed by atoms with van der Waals surface area (Å²) in [5.74, 6) is 1.62. The number of benzene rings is 1. The van der Waals surface area contributed by atoms with E-state index >= 15 is 0 Å². The Labute approximate surface area is 165 Å². The van der Waals surface area contributed by atoms with E-state index < -0.39 is 7.37 Å². The third kappa shape index (κ3) is 4.66. The van der Waals surface area contributed by atoms with E-state index in [4.69, 9.17) is 4.52 Å². The lowest BCUT2D eigenvalue weighted by atomic mass is 9.75. The fraction of sp³-hybridized carbons (Fsp3) is 0.583. The van der Waals surface area contributed by atoms with Crippen molar-refractivity contribution < 1.29 is 9.09 Å². The van der Waals surface area contributed by atoms with Gasteiger partial charge in [-0.2, -0.15) is 0 Å². The summed E-state index contributed by atoms with van der Waals surface area (Å²) < 4.78 is 21.0. The molecule has 1 saturated carbocycles. The molecule has 0 aromatic heterocycles. The summed E-state index contributed by atoms with van der Waals surface area (Å²) in [6.07, 6.45) is 10.0. The molecule has 0 N–H and O–H groups in total. The first kappa shape index (κ1) is 20.6. The Morgan fingerprint density at radius 1 is 1.19 bits per heavy atom. The summed E-state index contributed by atoms with van der Waals surface area (Å²) in [6.45, 7) is 11.1. The second-order valence-electron chi connectivity index (χ2n) is 8.78. The Kier molecular flexibility index (Phi) is 6.82. The second-order valence-corrected chi connectivity index (χ2v) is 11.1. The predicted molar refractivity (Wildman–Crippen MR) is 116 cm³/mol. The average Bonchev–Trinajstić information content (AvgIpc) is 2.68. The van der Waals surface area contributed by atoms with Crippen molar-refractivity contribution >= 4 is 12.7 Å². The highest BCUT2D eigenvalue weighted by molar-refractivity contribution is 7.71. The first-order valence-corrected chi connectivity index (χ1v) is 12.3. The topological polar surface area (TPSA) is 26.3 Å². The first-order valence-electron chi connectivity index (χ1n) is 10.6. The van der Waals surface area contributed by atoms with Crippen molar-refractivity contribution in [2.75, 3.05) is 0 Å². The van der Waals surface area contributed by atoms with Crippen LogP contribution in [0.15, 0.2) is 53.9 Å². The van der Waals surface area contributed by atoms with Gasteiger partial charge in [0.05, 0.1) is 6.10 Å². The number of rotatable bonds is 6. The minimum atomic E-state index is -3.17. The molecular weight excluding hydrogens is 351 g/mol. The molecule has 1 fully saturated rings. The van der Waals surface area contributed by atoms with Gasteiger partial charge in [-0.15, -0.1) is 0 Å². The van der Waals surface area contributed by atoms with Crippen molar-refractivity contribution in [3.63, 3.8) is 0 Å². The van der Waals surface area contributed by atoms with Crippen LogP contribution in [0.3, 0.4) is 0 Å². The largest absolute Gasteiger partial charge is 0.318 e. The van der Waals surface area contributed by atoms with E-state index in [0.29, 0.717) is 17.8 Å². The zero-order chi connectivity index (χ0) is 19.4.